The first kappa shape index (κ1) is 14.5. The van der Waals surface area contributed by atoms with E-state index < -0.39 is 0 Å². The lowest BCUT2D eigenvalue weighted by atomic mass is 10.2. The topological polar surface area (TPSA) is 80.9 Å². The summed E-state index contributed by atoms with van der Waals surface area (Å²) in [7, 11) is 0. The van der Waals surface area contributed by atoms with E-state index in [0.29, 0.717) is 27.8 Å². The molecule has 0 atom stereocenters. The number of hydrogen-bond donors (Lipinski definition) is 1. The Labute approximate surface area is 141 Å². The van der Waals surface area contributed by atoms with E-state index in [4.69, 9.17) is 4.52 Å². The van der Waals surface area contributed by atoms with Crippen LogP contribution in [0, 0.1) is 6.92 Å². The Hall–Kier alpha value is -3.06. The zero-order valence-corrected chi connectivity index (χ0v) is 13.5. The lowest BCUT2D eigenvalue weighted by Crippen LogP contribution is -2.14. The van der Waals surface area contributed by atoms with Gasteiger partial charge >= 0.3 is 0 Å². The monoisotopic (exact) mass is 336 g/mol. The van der Waals surface area contributed by atoms with Crippen molar-refractivity contribution >= 4 is 33.3 Å². The molecular formula is C17H12N4O2S. The summed E-state index contributed by atoms with van der Waals surface area (Å²) in [5.41, 5.74) is 1.88. The molecule has 0 aliphatic rings. The first-order chi connectivity index (χ1) is 11.7. The molecule has 3 heterocycles. The second kappa shape index (κ2) is 5.86. The van der Waals surface area contributed by atoms with Crippen LogP contribution in [0.25, 0.3) is 20.9 Å². The second-order valence-electron chi connectivity index (χ2n) is 5.16. The van der Waals surface area contributed by atoms with Crippen molar-refractivity contribution in [2.24, 2.45) is 0 Å². The van der Waals surface area contributed by atoms with Gasteiger partial charge in [0.05, 0.1) is 15.8 Å². The first-order valence-corrected chi connectivity index (χ1v) is 8.08. The van der Waals surface area contributed by atoms with Gasteiger partial charge in [0.15, 0.2) is 5.82 Å². The number of carbonyl (C=O) groups excluding carboxylic acids is 1. The molecule has 118 valence electrons. The molecule has 1 amide bonds. The number of nitrogens with one attached hydrogen (secondary N) is 1. The Morgan fingerprint density at radius 3 is 2.88 bits per heavy atom. The van der Waals surface area contributed by atoms with Crippen molar-refractivity contribution in [1.82, 2.24) is 15.1 Å². The van der Waals surface area contributed by atoms with E-state index in [1.54, 1.807) is 31.3 Å². The highest BCUT2D eigenvalue weighted by atomic mass is 32.1. The van der Waals surface area contributed by atoms with Crippen molar-refractivity contribution in [2.75, 3.05) is 5.32 Å². The Kier molecular flexibility index (Phi) is 3.55. The van der Waals surface area contributed by atoms with Crippen molar-refractivity contribution in [3.05, 3.63) is 60.0 Å². The van der Waals surface area contributed by atoms with Crippen LogP contribution < -0.4 is 5.32 Å². The number of thiazole rings is 1. The molecule has 0 bridgehead atoms. The van der Waals surface area contributed by atoms with Crippen LogP contribution in [0.2, 0.25) is 0 Å². The van der Waals surface area contributed by atoms with Gasteiger partial charge in [-0.25, -0.2) is 4.98 Å². The van der Waals surface area contributed by atoms with Crippen molar-refractivity contribution in [1.29, 1.82) is 0 Å². The van der Waals surface area contributed by atoms with E-state index in [2.05, 4.69) is 20.4 Å². The van der Waals surface area contributed by atoms with Crippen LogP contribution >= 0.6 is 11.3 Å². The standard InChI is InChI=1S/C17H12N4O2S/c1-10-9-14(21-23-10)20-16(22)11-5-4-8-18-15(11)17-19-12-6-2-3-7-13(12)24-17/h2-9H,1H3,(H,20,21,22). The van der Waals surface area contributed by atoms with Gasteiger partial charge in [-0.15, -0.1) is 11.3 Å². The maximum absolute atomic E-state index is 12.6. The lowest BCUT2D eigenvalue weighted by Gasteiger charge is -2.05. The number of anilines is 1. The maximum atomic E-state index is 12.6. The first-order valence-electron chi connectivity index (χ1n) is 7.26. The third kappa shape index (κ3) is 2.65. The number of aromatic nitrogens is 3. The summed E-state index contributed by atoms with van der Waals surface area (Å²) in [6.07, 6.45) is 1.65. The van der Waals surface area contributed by atoms with Crippen LogP contribution in [-0.4, -0.2) is 21.0 Å². The average molecular weight is 336 g/mol. The molecule has 7 heteroatoms. The molecule has 6 nitrogen and oxygen atoms in total. The molecule has 0 aliphatic carbocycles. The van der Waals surface area contributed by atoms with Crippen molar-refractivity contribution < 1.29 is 9.32 Å². The summed E-state index contributed by atoms with van der Waals surface area (Å²) in [6.45, 7) is 1.76. The minimum Gasteiger partial charge on any atom is -0.360 e. The van der Waals surface area contributed by atoms with Crippen LogP contribution in [0.15, 0.2) is 53.2 Å². The van der Waals surface area contributed by atoms with Crippen LogP contribution in [0.4, 0.5) is 5.82 Å². The van der Waals surface area contributed by atoms with Crippen LogP contribution in [0.1, 0.15) is 16.1 Å². The Balaban J connectivity index is 1.73. The van der Waals surface area contributed by atoms with Gasteiger partial charge in [-0.1, -0.05) is 17.3 Å². The molecule has 0 saturated carbocycles. The normalized spacial score (nSPS) is 10.9. The van der Waals surface area contributed by atoms with Gasteiger partial charge in [-0.3, -0.25) is 9.78 Å². The summed E-state index contributed by atoms with van der Waals surface area (Å²) in [4.78, 5) is 21.5. The largest absolute Gasteiger partial charge is 0.360 e. The van der Waals surface area contributed by atoms with Gasteiger partial charge < -0.3 is 9.84 Å². The smallest absolute Gasteiger partial charge is 0.259 e. The molecule has 4 rings (SSSR count). The van der Waals surface area contributed by atoms with E-state index in [1.165, 1.54) is 11.3 Å². The van der Waals surface area contributed by atoms with E-state index in [-0.39, 0.29) is 5.91 Å². The minimum absolute atomic E-state index is 0.300. The molecule has 1 N–H and O–H groups in total. The molecule has 0 unspecified atom stereocenters. The number of para-hydroxylation sites is 1. The molecule has 1 aromatic carbocycles. The molecule has 0 spiro atoms. The van der Waals surface area contributed by atoms with Gasteiger partial charge in [0, 0.05) is 12.3 Å². The highest BCUT2D eigenvalue weighted by Crippen LogP contribution is 2.30. The summed E-state index contributed by atoms with van der Waals surface area (Å²) in [5.74, 6) is 0.699. The number of aryl methyl sites for hydroxylation is 1. The summed E-state index contributed by atoms with van der Waals surface area (Å²) >= 11 is 1.50. The fraction of sp³-hybridized carbons (Fsp3) is 0.0588. The van der Waals surface area contributed by atoms with Gasteiger partial charge in [0.2, 0.25) is 0 Å². The Morgan fingerprint density at radius 2 is 2.08 bits per heavy atom. The number of fused-ring (bicyclic) bond motifs is 1. The highest BCUT2D eigenvalue weighted by Gasteiger charge is 2.18. The van der Waals surface area contributed by atoms with Gasteiger partial charge in [0.1, 0.15) is 16.5 Å². The molecule has 0 radical (unpaired) electrons. The quantitative estimate of drug-likeness (QED) is 0.613. The van der Waals surface area contributed by atoms with E-state index in [0.717, 1.165) is 10.2 Å². The number of nitrogens with zero attached hydrogens (tertiary/aromatic N) is 3. The van der Waals surface area contributed by atoms with Crippen LogP contribution in [0.3, 0.4) is 0 Å². The van der Waals surface area contributed by atoms with E-state index >= 15 is 0 Å². The zero-order valence-electron chi connectivity index (χ0n) is 12.7. The van der Waals surface area contributed by atoms with Gasteiger partial charge in [-0.05, 0) is 31.2 Å². The molecule has 4 aromatic rings. The predicted octanol–water partition coefficient (Wildman–Crippen LogP) is 3.91. The fourth-order valence-electron chi connectivity index (χ4n) is 2.34. The fourth-order valence-corrected chi connectivity index (χ4v) is 3.32. The third-order valence-corrected chi connectivity index (χ3v) is 4.46. The van der Waals surface area contributed by atoms with E-state index in [1.807, 2.05) is 24.3 Å². The van der Waals surface area contributed by atoms with Gasteiger partial charge in [0.25, 0.3) is 5.91 Å². The number of carbonyl (C=O) groups is 1. The predicted molar refractivity (Wildman–Crippen MR) is 92.0 cm³/mol. The van der Waals surface area contributed by atoms with Crippen molar-refractivity contribution in [2.45, 2.75) is 6.92 Å². The van der Waals surface area contributed by atoms with Gasteiger partial charge in [-0.2, -0.15) is 0 Å². The van der Waals surface area contributed by atoms with Crippen molar-refractivity contribution in [3.8, 4) is 10.7 Å². The third-order valence-electron chi connectivity index (χ3n) is 3.42. The lowest BCUT2D eigenvalue weighted by molar-refractivity contribution is 0.102. The second-order valence-corrected chi connectivity index (χ2v) is 6.19. The summed E-state index contributed by atoms with van der Waals surface area (Å²) in [6, 6.07) is 12.9. The highest BCUT2D eigenvalue weighted by molar-refractivity contribution is 7.21. The Morgan fingerprint density at radius 1 is 1.21 bits per heavy atom. The number of benzene rings is 1. The SMILES string of the molecule is Cc1cc(NC(=O)c2cccnc2-c2nc3ccccc3s2)no1. The number of hydrogen-bond acceptors (Lipinski definition) is 6. The van der Waals surface area contributed by atoms with Crippen molar-refractivity contribution in [3.63, 3.8) is 0 Å². The minimum atomic E-state index is -0.300. The average Bonchev–Trinajstić information content (AvgIpc) is 3.20. The molecule has 0 fully saturated rings. The Bertz CT molecular complexity index is 1000. The van der Waals surface area contributed by atoms with E-state index in [9.17, 15) is 4.79 Å². The number of pyridine rings is 1. The molecule has 3 aromatic heterocycles. The number of rotatable bonds is 3. The summed E-state index contributed by atoms with van der Waals surface area (Å²) < 4.78 is 6.02. The summed E-state index contributed by atoms with van der Waals surface area (Å²) in [5, 5.41) is 7.20. The molecule has 0 aliphatic heterocycles. The number of amides is 1. The van der Waals surface area contributed by atoms with Crippen LogP contribution in [0.5, 0.6) is 0 Å². The molecule has 0 saturated heterocycles. The molecule has 24 heavy (non-hydrogen) atoms. The van der Waals surface area contributed by atoms with Crippen LogP contribution in [-0.2, 0) is 0 Å². The maximum Gasteiger partial charge on any atom is 0.259 e. The zero-order chi connectivity index (χ0) is 16.5. The molecular weight excluding hydrogens is 324 g/mol.